The number of hydrogen-bond donors (Lipinski definition) is 1. The second-order valence-corrected chi connectivity index (χ2v) is 7.64. The first-order valence-corrected chi connectivity index (χ1v) is 10.3. The van der Waals surface area contributed by atoms with Gasteiger partial charge in [-0.1, -0.05) is 6.92 Å². The van der Waals surface area contributed by atoms with E-state index in [-0.39, 0.29) is 31.4 Å². The average molecular weight is 415 g/mol. The maximum absolute atomic E-state index is 12.7. The quantitative estimate of drug-likeness (QED) is 0.552. The van der Waals surface area contributed by atoms with Crippen LogP contribution in [0.2, 0.25) is 0 Å². The SMILES string of the molecule is CCCN(CC)C(=O)CN(CC(=O)N(CC)CC)C(=O)CNC(=O)OC(C)(C)C. The van der Waals surface area contributed by atoms with Gasteiger partial charge in [-0.15, -0.1) is 0 Å². The van der Waals surface area contributed by atoms with E-state index in [1.54, 1.807) is 30.6 Å². The van der Waals surface area contributed by atoms with Crippen molar-refractivity contribution in [2.75, 3.05) is 45.8 Å². The smallest absolute Gasteiger partial charge is 0.408 e. The van der Waals surface area contributed by atoms with Crippen molar-refractivity contribution >= 4 is 23.8 Å². The highest BCUT2D eigenvalue weighted by Gasteiger charge is 2.25. The molecule has 0 aromatic carbocycles. The average Bonchev–Trinajstić information content (AvgIpc) is 2.63. The summed E-state index contributed by atoms with van der Waals surface area (Å²) in [6.07, 6.45) is 0.0694. The van der Waals surface area contributed by atoms with Gasteiger partial charge in [0.2, 0.25) is 17.7 Å². The summed E-state index contributed by atoms with van der Waals surface area (Å²) in [6, 6.07) is 0. The maximum Gasteiger partial charge on any atom is 0.408 e. The Bertz CT molecular complexity index is 556. The predicted molar refractivity (Wildman–Crippen MR) is 111 cm³/mol. The zero-order valence-electron chi connectivity index (χ0n) is 19.0. The minimum absolute atomic E-state index is 0.213. The summed E-state index contributed by atoms with van der Waals surface area (Å²) >= 11 is 0. The Morgan fingerprint density at radius 1 is 0.759 bits per heavy atom. The van der Waals surface area contributed by atoms with Crippen LogP contribution in [0, 0.1) is 0 Å². The molecule has 4 amide bonds. The van der Waals surface area contributed by atoms with Crippen LogP contribution in [-0.2, 0) is 19.1 Å². The van der Waals surface area contributed by atoms with Crippen molar-refractivity contribution in [3.05, 3.63) is 0 Å². The number of nitrogens with one attached hydrogen (secondary N) is 1. The van der Waals surface area contributed by atoms with E-state index in [2.05, 4.69) is 5.32 Å². The Labute approximate surface area is 174 Å². The van der Waals surface area contributed by atoms with Gasteiger partial charge in [-0.25, -0.2) is 4.79 Å². The first-order valence-electron chi connectivity index (χ1n) is 10.3. The van der Waals surface area contributed by atoms with Crippen molar-refractivity contribution in [1.82, 2.24) is 20.0 Å². The van der Waals surface area contributed by atoms with Gasteiger partial charge in [0.05, 0.1) is 0 Å². The van der Waals surface area contributed by atoms with E-state index in [0.717, 1.165) is 6.42 Å². The van der Waals surface area contributed by atoms with Crippen LogP contribution in [0.3, 0.4) is 0 Å². The fourth-order valence-electron chi connectivity index (χ4n) is 2.64. The van der Waals surface area contributed by atoms with Gasteiger partial charge in [-0.2, -0.15) is 0 Å². The van der Waals surface area contributed by atoms with E-state index in [0.29, 0.717) is 26.2 Å². The third kappa shape index (κ3) is 10.7. The molecule has 0 aliphatic heterocycles. The van der Waals surface area contributed by atoms with Crippen molar-refractivity contribution < 1.29 is 23.9 Å². The lowest BCUT2D eigenvalue weighted by molar-refractivity contribution is -0.144. The van der Waals surface area contributed by atoms with Crippen molar-refractivity contribution in [1.29, 1.82) is 0 Å². The fraction of sp³-hybridized carbons (Fsp3) is 0.800. The zero-order chi connectivity index (χ0) is 22.6. The largest absolute Gasteiger partial charge is 0.444 e. The van der Waals surface area contributed by atoms with Crippen molar-refractivity contribution in [2.45, 2.75) is 60.5 Å². The topological polar surface area (TPSA) is 99.3 Å². The third-order valence-corrected chi connectivity index (χ3v) is 4.13. The lowest BCUT2D eigenvalue weighted by Gasteiger charge is -2.28. The molecule has 0 atom stereocenters. The van der Waals surface area contributed by atoms with Crippen molar-refractivity contribution in [3.63, 3.8) is 0 Å². The van der Waals surface area contributed by atoms with Gasteiger partial charge >= 0.3 is 6.09 Å². The summed E-state index contributed by atoms with van der Waals surface area (Å²) in [5.74, 6) is -0.989. The number of carbonyl (C=O) groups is 4. The van der Waals surface area contributed by atoms with Gasteiger partial charge in [0.15, 0.2) is 0 Å². The minimum Gasteiger partial charge on any atom is -0.444 e. The molecular weight excluding hydrogens is 376 g/mol. The van der Waals surface area contributed by atoms with Crippen LogP contribution in [0.25, 0.3) is 0 Å². The molecular formula is C20H38N4O5. The van der Waals surface area contributed by atoms with Gasteiger partial charge in [0.25, 0.3) is 0 Å². The Hall–Kier alpha value is -2.32. The molecule has 168 valence electrons. The molecule has 0 aliphatic rings. The molecule has 29 heavy (non-hydrogen) atoms. The molecule has 0 saturated carbocycles. The standard InChI is InChI=1S/C20H38N4O5/c1-8-12-23(11-4)18(27)15-24(14-17(26)22(9-2)10-3)16(25)13-21-19(28)29-20(5,6)7/h8-15H2,1-7H3,(H,21,28). The Kier molecular flexibility index (Phi) is 12.0. The van der Waals surface area contributed by atoms with E-state index in [1.807, 2.05) is 27.7 Å². The van der Waals surface area contributed by atoms with E-state index < -0.39 is 17.6 Å². The number of amides is 4. The van der Waals surface area contributed by atoms with Crippen LogP contribution < -0.4 is 5.32 Å². The summed E-state index contributed by atoms with van der Waals surface area (Å²) in [6.45, 7) is 14.0. The number of likely N-dealkylation sites (N-methyl/N-ethyl adjacent to an activating group) is 2. The number of nitrogens with zero attached hydrogens (tertiary/aromatic N) is 3. The lowest BCUT2D eigenvalue weighted by atomic mass is 10.2. The molecule has 0 bridgehead atoms. The van der Waals surface area contributed by atoms with Crippen LogP contribution in [-0.4, -0.2) is 89.9 Å². The highest BCUT2D eigenvalue weighted by molar-refractivity contribution is 5.91. The van der Waals surface area contributed by atoms with E-state index in [9.17, 15) is 19.2 Å². The second-order valence-electron chi connectivity index (χ2n) is 7.64. The monoisotopic (exact) mass is 414 g/mol. The molecule has 0 spiro atoms. The van der Waals surface area contributed by atoms with Crippen LogP contribution in [0.15, 0.2) is 0 Å². The van der Waals surface area contributed by atoms with Gasteiger partial charge in [-0.05, 0) is 48.0 Å². The molecule has 9 nitrogen and oxygen atoms in total. The molecule has 0 aromatic rings. The van der Waals surface area contributed by atoms with Crippen LogP contribution in [0.5, 0.6) is 0 Å². The summed E-state index contributed by atoms with van der Waals surface area (Å²) in [5, 5.41) is 2.39. The molecule has 0 aliphatic carbocycles. The van der Waals surface area contributed by atoms with Gasteiger partial charge in [0, 0.05) is 26.2 Å². The first kappa shape index (κ1) is 26.7. The summed E-state index contributed by atoms with van der Waals surface area (Å²) in [7, 11) is 0. The van der Waals surface area contributed by atoms with Crippen LogP contribution in [0.4, 0.5) is 4.79 Å². The highest BCUT2D eigenvalue weighted by atomic mass is 16.6. The molecule has 0 rings (SSSR count). The molecule has 0 aromatic heterocycles. The highest BCUT2D eigenvalue weighted by Crippen LogP contribution is 2.06. The maximum atomic E-state index is 12.7. The Morgan fingerprint density at radius 2 is 1.24 bits per heavy atom. The predicted octanol–water partition coefficient (Wildman–Crippen LogP) is 1.47. The Balaban J connectivity index is 5.19. The number of carbonyl (C=O) groups excluding carboxylic acids is 4. The summed E-state index contributed by atoms with van der Waals surface area (Å²) in [4.78, 5) is 54.0. The number of rotatable bonds is 11. The number of alkyl carbamates (subject to hydrolysis) is 1. The molecule has 0 radical (unpaired) electrons. The summed E-state index contributed by atoms with van der Waals surface area (Å²) in [5.41, 5.74) is -0.691. The molecule has 0 fully saturated rings. The Morgan fingerprint density at radius 3 is 1.66 bits per heavy atom. The van der Waals surface area contributed by atoms with Crippen LogP contribution >= 0.6 is 0 Å². The van der Waals surface area contributed by atoms with E-state index in [1.165, 1.54) is 4.90 Å². The van der Waals surface area contributed by atoms with E-state index in [4.69, 9.17) is 4.74 Å². The van der Waals surface area contributed by atoms with Gasteiger partial charge in [-0.3, -0.25) is 14.4 Å². The first-order chi connectivity index (χ1) is 13.5. The minimum atomic E-state index is -0.728. The molecule has 0 heterocycles. The zero-order valence-corrected chi connectivity index (χ0v) is 19.0. The molecule has 9 heteroatoms. The number of ether oxygens (including phenoxy) is 1. The summed E-state index contributed by atoms with van der Waals surface area (Å²) < 4.78 is 5.12. The van der Waals surface area contributed by atoms with Crippen molar-refractivity contribution in [3.8, 4) is 0 Å². The number of hydrogen-bond acceptors (Lipinski definition) is 5. The lowest BCUT2D eigenvalue weighted by Crippen LogP contribution is -2.50. The van der Waals surface area contributed by atoms with Gasteiger partial charge < -0.3 is 24.8 Å². The van der Waals surface area contributed by atoms with Crippen LogP contribution in [0.1, 0.15) is 54.9 Å². The second kappa shape index (κ2) is 13.0. The molecule has 1 N–H and O–H groups in total. The van der Waals surface area contributed by atoms with Crippen molar-refractivity contribution in [2.24, 2.45) is 0 Å². The van der Waals surface area contributed by atoms with E-state index >= 15 is 0 Å². The normalized spacial score (nSPS) is 10.9. The fourth-order valence-corrected chi connectivity index (χ4v) is 2.64. The third-order valence-electron chi connectivity index (χ3n) is 4.13. The van der Waals surface area contributed by atoms with Gasteiger partial charge in [0.1, 0.15) is 25.2 Å². The molecule has 0 saturated heterocycles. The molecule has 0 unspecified atom stereocenters.